The highest BCUT2D eigenvalue weighted by atomic mass is 35.5. The van der Waals surface area contributed by atoms with Crippen LogP contribution >= 0.6 is 23.2 Å². The van der Waals surface area contributed by atoms with E-state index in [1.165, 1.54) is 4.57 Å². The highest BCUT2D eigenvalue weighted by Crippen LogP contribution is 2.29. The largest absolute Gasteiger partial charge is 0.385 e. The molecule has 2 aromatic heterocycles. The molecule has 1 unspecified atom stereocenters. The van der Waals surface area contributed by atoms with Crippen molar-refractivity contribution in [2.24, 2.45) is 0 Å². The monoisotopic (exact) mass is 462 g/mol. The van der Waals surface area contributed by atoms with Crippen LogP contribution in [0.15, 0.2) is 16.9 Å². The van der Waals surface area contributed by atoms with E-state index >= 15 is 0 Å². The normalized spacial score (nSPS) is 12.0. The van der Waals surface area contributed by atoms with Crippen LogP contribution < -0.4 is 22.3 Å². The zero-order valence-electron chi connectivity index (χ0n) is 16.8. The average molecular weight is 463 g/mol. The quantitative estimate of drug-likeness (QED) is 0.448. The van der Waals surface area contributed by atoms with Crippen LogP contribution in [-0.2, 0) is 11.3 Å². The molecule has 0 aliphatic carbocycles. The fourth-order valence-corrected chi connectivity index (χ4v) is 3.59. The number of nitrogens with two attached hydrogens (primary N) is 2. The number of hydrogen-bond acceptors (Lipinski definition) is 9. The number of halogens is 2. The van der Waals surface area contributed by atoms with E-state index in [-0.39, 0.29) is 44.6 Å². The fourth-order valence-electron chi connectivity index (χ4n) is 3.16. The molecule has 3 rings (SSSR count). The van der Waals surface area contributed by atoms with Gasteiger partial charge in [-0.1, -0.05) is 23.2 Å². The molecule has 0 aliphatic rings. The predicted octanol–water partition coefficient (Wildman–Crippen LogP) is 2.74. The summed E-state index contributed by atoms with van der Waals surface area (Å²) in [6, 6.07) is 4.51. The zero-order chi connectivity index (χ0) is 22.7. The summed E-state index contributed by atoms with van der Waals surface area (Å²) in [5, 5.41) is 13.3. The number of nitrogens with one attached hydrogen (secondary N) is 1. The predicted molar refractivity (Wildman–Crippen MR) is 120 cm³/mol. The van der Waals surface area contributed by atoms with Crippen molar-refractivity contribution in [2.75, 3.05) is 30.5 Å². The Morgan fingerprint density at radius 2 is 1.97 bits per heavy atom. The fraction of sp³-hybridized carbons (Fsp3) is 0.316. The Morgan fingerprint density at radius 3 is 2.65 bits per heavy atom. The summed E-state index contributed by atoms with van der Waals surface area (Å²) in [5.74, 6) is 0.362. The number of nitrogen functional groups attached to an aromatic ring is 2. The summed E-state index contributed by atoms with van der Waals surface area (Å²) >= 11 is 12.6. The van der Waals surface area contributed by atoms with Crippen LogP contribution in [-0.4, -0.2) is 33.2 Å². The summed E-state index contributed by atoms with van der Waals surface area (Å²) in [6.07, 6.45) is 0.568. The molecule has 0 amide bonds. The van der Waals surface area contributed by atoms with Crippen molar-refractivity contribution >= 4 is 51.7 Å². The van der Waals surface area contributed by atoms with Crippen molar-refractivity contribution in [2.45, 2.75) is 25.9 Å². The summed E-state index contributed by atoms with van der Waals surface area (Å²) in [5.41, 5.74) is 11.4. The van der Waals surface area contributed by atoms with Gasteiger partial charge in [0.05, 0.1) is 27.0 Å². The molecule has 0 aliphatic heterocycles. The smallest absolute Gasteiger partial charge is 0.263 e. The van der Waals surface area contributed by atoms with Crippen molar-refractivity contribution in [3.63, 3.8) is 0 Å². The molecule has 1 atom stereocenters. The highest BCUT2D eigenvalue weighted by molar-refractivity contribution is 6.39. The molecule has 0 saturated carbocycles. The molecule has 5 N–H and O–H groups in total. The number of aromatic nitrogens is 4. The summed E-state index contributed by atoms with van der Waals surface area (Å²) in [6.45, 7) is 2.54. The lowest BCUT2D eigenvalue weighted by atomic mass is 10.2. The summed E-state index contributed by atoms with van der Waals surface area (Å²) in [4.78, 5) is 25.8. The molecule has 0 radical (unpaired) electrons. The van der Waals surface area contributed by atoms with Gasteiger partial charge in [0.15, 0.2) is 5.82 Å². The molecule has 3 aromatic rings. The van der Waals surface area contributed by atoms with E-state index in [4.69, 9.17) is 39.4 Å². The van der Waals surface area contributed by atoms with Crippen LogP contribution in [0.25, 0.3) is 10.9 Å². The lowest BCUT2D eigenvalue weighted by Crippen LogP contribution is -2.29. The third-order valence-electron chi connectivity index (χ3n) is 4.58. The molecule has 0 saturated heterocycles. The molecule has 31 heavy (non-hydrogen) atoms. The second-order valence-electron chi connectivity index (χ2n) is 6.69. The van der Waals surface area contributed by atoms with Crippen molar-refractivity contribution in [1.29, 1.82) is 5.26 Å². The van der Waals surface area contributed by atoms with E-state index in [2.05, 4.69) is 20.3 Å². The van der Waals surface area contributed by atoms with Crippen LogP contribution in [0.2, 0.25) is 10.0 Å². The van der Waals surface area contributed by atoms with Gasteiger partial charge in [-0.2, -0.15) is 15.2 Å². The van der Waals surface area contributed by atoms with E-state index < -0.39 is 6.04 Å². The maximum absolute atomic E-state index is 13.3. The topological polar surface area (TPSA) is 158 Å². The van der Waals surface area contributed by atoms with Gasteiger partial charge >= 0.3 is 0 Å². The van der Waals surface area contributed by atoms with Crippen molar-refractivity contribution in [3.8, 4) is 6.07 Å². The molecule has 162 valence electrons. The Morgan fingerprint density at radius 1 is 1.26 bits per heavy atom. The Labute approximate surface area is 187 Å². The molecule has 2 heterocycles. The van der Waals surface area contributed by atoms with Gasteiger partial charge in [-0.25, -0.2) is 4.98 Å². The van der Waals surface area contributed by atoms with Crippen LogP contribution in [0.1, 0.15) is 30.8 Å². The van der Waals surface area contributed by atoms with E-state index in [0.717, 1.165) is 0 Å². The minimum atomic E-state index is -0.574. The first kappa shape index (κ1) is 22.6. The van der Waals surface area contributed by atoms with E-state index in [0.29, 0.717) is 30.4 Å². The molecule has 1 aromatic carbocycles. The number of anilines is 3. The van der Waals surface area contributed by atoms with Crippen molar-refractivity contribution in [3.05, 3.63) is 43.9 Å². The molecule has 0 spiro atoms. The Kier molecular flexibility index (Phi) is 6.80. The van der Waals surface area contributed by atoms with E-state index in [1.807, 2.05) is 6.07 Å². The van der Waals surface area contributed by atoms with Crippen LogP contribution in [0.4, 0.5) is 17.6 Å². The second kappa shape index (κ2) is 9.34. The number of fused-ring (bicyclic) bond motifs is 1. The van der Waals surface area contributed by atoms with Gasteiger partial charge in [0, 0.05) is 20.3 Å². The third kappa shape index (κ3) is 4.49. The van der Waals surface area contributed by atoms with Gasteiger partial charge in [-0.3, -0.25) is 9.36 Å². The van der Waals surface area contributed by atoms with Gasteiger partial charge in [0.1, 0.15) is 23.3 Å². The number of nitrogens with zero attached hydrogens (tertiary/aromatic N) is 5. The van der Waals surface area contributed by atoms with E-state index in [9.17, 15) is 10.1 Å². The molecule has 0 bridgehead atoms. The number of ether oxygens (including phenoxy) is 1. The standard InChI is InChI=1S/C19H20Cl2N8O2/c1-9(25-16-10(8-22)15(23)27-19(24)28-16)17-26-14-12(21)5-4-11(20)13(14)18(30)29(17)6-3-7-31-2/h4-5,9H,3,6-7H2,1-2H3,(H5,23,24,25,27,28). The molecular formula is C19H20Cl2N8O2. The lowest BCUT2D eigenvalue weighted by molar-refractivity contribution is 0.189. The average Bonchev–Trinajstić information content (AvgIpc) is 2.71. The number of rotatable bonds is 7. The van der Waals surface area contributed by atoms with Gasteiger partial charge in [-0.05, 0) is 25.5 Å². The van der Waals surface area contributed by atoms with E-state index in [1.54, 1.807) is 26.2 Å². The number of benzene rings is 1. The van der Waals surface area contributed by atoms with Crippen LogP contribution in [0, 0.1) is 11.3 Å². The third-order valence-corrected chi connectivity index (χ3v) is 5.20. The summed E-state index contributed by atoms with van der Waals surface area (Å²) < 4.78 is 6.61. The van der Waals surface area contributed by atoms with Gasteiger partial charge in [-0.15, -0.1) is 0 Å². The second-order valence-corrected chi connectivity index (χ2v) is 7.51. The van der Waals surface area contributed by atoms with Crippen LogP contribution in [0.5, 0.6) is 0 Å². The molecule has 10 nitrogen and oxygen atoms in total. The maximum atomic E-state index is 13.3. The number of methoxy groups -OCH3 is 1. The molecule has 12 heteroatoms. The van der Waals surface area contributed by atoms with Gasteiger partial charge < -0.3 is 21.5 Å². The Balaban J connectivity index is 2.16. The summed E-state index contributed by atoms with van der Waals surface area (Å²) in [7, 11) is 1.58. The highest BCUT2D eigenvalue weighted by Gasteiger charge is 2.21. The van der Waals surface area contributed by atoms with Crippen molar-refractivity contribution in [1.82, 2.24) is 19.5 Å². The SMILES string of the molecule is COCCCn1c(C(C)Nc2nc(N)nc(N)c2C#N)nc2c(Cl)ccc(Cl)c2c1=O. The lowest BCUT2D eigenvalue weighted by Gasteiger charge is -2.21. The number of hydrogen-bond donors (Lipinski definition) is 3. The maximum Gasteiger partial charge on any atom is 0.263 e. The molecule has 0 fully saturated rings. The minimum absolute atomic E-state index is 0.0381. The first-order valence-electron chi connectivity index (χ1n) is 9.25. The zero-order valence-corrected chi connectivity index (χ0v) is 18.3. The Hall–Kier alpha value is -3.13. The van der Waals surface area contributed by atoms with Crippen LogP contribution in [0.3, 0.4) is 0 Å². The van der Waals surface area contributed by atoms with Gasteiger partial charge in [0.25, 0.3) is 5.56 Å². The minimum Gasteiger partial charge on any atom is -0.385 e. The first-order chi connectivity index (χ1) is 14.8. The molecular weight excluding hydrogens is 443 g/mol. The first-order valence-corrected chi connectivity index (χ1v) is 10.0. The van der Waals surface area contributed by atoms with Gasteiger partial charge in [0.2, 0.25) is 5.95 Å². The van der Waals surface area contributed by atoms with Crippen molar-refractivity contribution < 1.29 is 4.74 Å². The number of nitriles is 1. The Bertz CT molecular complexity index is 1240.